The second-order valence-corrected chi connectivity index (χ2v) is 21.0. The van der Waals surface area contributed by atoms with Crippen LogP contribution in [0.5, 0.6) is 0 Å². The smallest absolute Gasteiger partial charge is 0.305 e. The van der Waals surface area contributed by atoms with Gasteiger partial charge in [-0.2, -0.15) is 0 Å². The van der Waals surface area contributed by atoms with Crippen molar-refractivity contribution < 1.29 is 24.5 Å². The van der Waals surface area contributed by atoms with Gasteiger partial charge in [0.05, 0.1) is 25.4 Å². The fraction of sp³-hybridized carbons (Fsp3) is 0.844. The minimum Gasteiger partial charge on any atom is -0.466 e. The lowest BCUT2D eigenvalue weighted by Gasteiger charge is -2.22. The molecule has 0 saturated heterocycles. The zero-order valence-electron chi connectivity index (χ0n) is 46.7. The molecule has 0 bridgehead atoms. The van der Waals surface area contributed by atoms with Crippen molar-refractivity contribution in [2.75, 3.05) is 13.2 Å². The quantitative estimate of drug-likeness (QED) is 0.0321. The highest BCUT2D eigenvalue weighted by atomic mass is 16.5. The van der Waals surface area contributed by atoms with Crippen LogP contribution in [0, 0.1) is 0 Å². The molecule has 0 saturated carbocycles. The van der Waals surface area contributed by atoms with Gasteiger partial charge in [0.1, 0.15) is 0 Å². The largest absolute Gasteiger partial charge is 0.466 e. The standard InChI is InChI=1S/C64H119NO5/c1-3-5-7-9-11-13-15-16-17-27-31-34-38-42-46-50-54-58-64(69)70-59-55-51-47-43-39-35-32-29-26-24-22-20-18-19-21-23-25-28-30-33-37-41-45-49-53-57-63(68)65-61(60-66)62(67)56-52-48-44-40-36-14-12-10-8-6-4-2/h11,13,16-17,19-22,61-62,66-67H,3-10,12,14-15,18,23-60H2,1-2H3,(H,65,68)/b13-11-,17-16-,21-19-,22-20-. The Labute approximate surface area is 436 Å². The molecular formula is C64H119NO5. The molecule has 6 nitrogen and oxygen atoms in total. The molecule has 0 spiro atoms. The van der Waals surface area contributed by atoms with Crippen molar-refractivity contribution in [3.05, 3.63) is 48.6 Å². The highest BCUT2D eigenvalue weighted by Crippen LogP contribution is 2.17. The first-order valence-corrected chi connectivity index (χ1v) is 30.9. The van der Waals surface area contributed by atoms with Crippen molar-refractivity contribution in [2.24, 2.45) is 0 Å². The van der Waals surface area contributed by atoms with Gasteiger partial charge < -0.3 is 20.3 Å². The summed E-state index contributed by atoms with van der Waals surface area (Å²) in [7, 11) is 0. The molecule has 0 heterocycles. The minimum absolute atomic E-state index is 0.000884. The van der Waals surface area contributed by atoms with E-state index in [2.05, 4.69) is 67.8 Å². The minimum atomic E-state index is -0.667. The number of nitrogens with one attached hydrogen (secondary N) is 1. The van der Waals surface area contributed by atoms with E-state index in [0.29, 0.717) is 25.9 Å². The summed E-state index contributed by atoms with van der Waals surface area (Å²) in [5.41, 5.74) is 0. The molecule has 1 amide bonds. The summed E-state index contributed by atoms with van der Waals surface area (Å²) in [4.78, 5) is 24.5. The predicted octanol–water partition coefficient (Wildman–Crippen LogP) is 19.4. The summed E-state index contributed by atoms with van der Waals surface area (Å²) in [6, 6.07) is -0.545. The Balaban J connectivity index is 3.42. The number of rotatable bonds is 57. The molecule has 2 unspecified atom stereocenters. The third kappa shape index (κ3) is 55.1. The first kappa shape index (κ1) is 67.8. The Morgan fingerprint density at radius 1 is 0.400 bits per heavy atom. The molecule has 0 rings (SSSR count). The number of aliphatic hydroxyl groups is 2. The maximum atomic E-state index is 12.4. The lowest BCUT2D eigenvalue weighted by molar-refractivity contribution is -0.143. The molecule has 0 aromatic carbocycles. The first-order valence-electron chi connectivity index (χ1n) is 30.9. The lowest BCUT2D eigenvalue weighted by Crippen LogP contribution is -2.45. The number of hydrogen-bond donors (Lipinski definition) is 3. The van der Waals surface area contributed by atoms with Gasteiger partial charge in [0.25, 0.3) is 0 Å². The number of carbonyl (C=O) groups is 2. The summed E-state index contributed by atoms with van der Waals surface area (Å²) >= 11 is 0. The predicted molar refractivity (Wildman–Crippen MR) is 306 cm³/mol. The van der Waals surface area contributed by atoms with Gasteiger partial charge in [-0.1, -0.05) is 268 Å². The van der Waals surface area contributed by atoms with E-state index < -0.39 is 12.1 Å². The van der Waals surface area contributed by atoms with Crippen molar-refractivity contribution in [1.29, 1.82) is 0 Å². The number of amides is 1. The lowest BCUT2D eigenvalue weighted by atomic mass is 10.0. The fourth-order valence-electron chi connectivity index (χ4n) is 9.35. The monoisotopic (exact) mass is 982 g/mol. The van der Waals surface area contributed by atoms with Gasteiger partial charge in [-0.25, -0.2) is 0 Å². The Hall–Kier alpha value is -2.18. The number of ether oxygens (including phenoxy) is 1. The van der Waals surface area contributed by atoms with Crippen molar-refractivity contribution in [3.63, 3.8) is 0 Å². The summed E-state index contributed by atoms with van der Waals surface area (Å²) in [6.07, 6.45) is 75.5. The van der Waals surface area contributed by atoms with Crippen LogP contribution in [0.25, 0.3) is 0 Å². The van der Waals surface area contributed by atoms with E-state index >= 15 is 0 Å². The number of hydrogen-bond acceptors (Lipinski definition) is 5. The Morgan fingerprint density at radius 3 is 1.11 bits per heavy atom. The number of carbonyl (C=O) groups excluding carboxylic acids is 2. The van der Waals surface area contributed by atoms with Crippen LogP contribution >= 0.6 is 0 Å². The molecule has 70 heavy (non-hydrogen) atoms. The second kappa shape index (κ2) is 59.4. The average molecular weight is 983 g/mol. The van der Waals surface area contributed by atoms with Gasteiger partial charge in [0.2, 0.25) is 5.91 Å². The maximum absolute atomic E-state index is 12.4. The highest BCUT2D eigenvalue weighted by Gasteiger charge is 2.20. The number of allylic oxidation sites excluding steroid dienone is 8. The normalized spacial score (nSPS) is 12.9. The van der Waals surface area contributed by atoms with Crippen molar-refractivity contribution in [2.45, 2.75) is 334 Å². The molecule has 410 valence electrons. The van der Waals surface area contributed by atoms with E-state index in [4.69, 9.17) is 4.74 Å². The summed E-state index contributed by atoms with van der Waals surface area (Å²) in [5.74, 6) is -0.0414. The number of esters is 1. The Morgan fingerprint density at radius 2 is 0.714 bits per heavy atom. The molecular weight excluding hydrogens is 863 g/mol. The molecule has 0 aliphatic rings. The maximum Gasteiger partial charge on any atom is 0.305 e. The molecule has 0 radical (unpaired) electrons. The topological polar surface area (TPSA) is 95.9 Å². The van der Waals surface area contributed by atoms with E-state index in [1.807, 2.05) is 0 Å². The summed E-state index contributed by atoms with van der Waals surface area (Å²) < 4.78 is 5.48. The van der Waals surface area contributed by atoms with Crippen LogP contribution in [0.2, 0.25) is 0 Å². The molecule has 3 N–H and O–H groups in total. The van der Waals surface area contributed by atoms with Crippen LogP contribution in [0.1, 0.15) is 322 Å². The molecule has 0 fully saturated rings. The third-order valence-electron chi connectivity index (χ3n) is 14.1. The van der Waals surface area contributed by atoms with Crippen LogP contribution in [-0.2, 0) is 14.3 Å². The second-order valence-electron chi connectivity index (χ2n) is 21.0. The van der Waals surface area contributed by atoms with Gasteiger partial charge in [-0.3, -0.25) is 9.59 Å². The van der Waals surface area contributed by atoms with E-state index in [1.54, 1.807) is 0 Å². The summed E-state index contributed by atoms with van der Waals surface area (Å²) in [5, 5.41) is 23.2. The van der Waals surface area contributed by atoms with E-state index in [0.717, 1.165) is 57.8 Å². The summed E-state index contributed by atoms with van der Waals surface area (Å²) in [6.45, 7) is 4.91. The Kier molecular flexibility index (Phi) is 57.5. The zero-order chi connectivity index (χ0) is 50.7. The highest BCUT2D eigenvalue weighted by molar-refractivity contribution is 5.76. The number of aliphatic hydroxyl groups excluding tert-OH is 2. The number of unbranched alkanes of at least 4 members (excludes halogenated alkanes) is 38. The molecule has 6 heteroatoms. The van der Waals surface area contributed by atoms with Gasteiger partial charge in [0, 0.05) is 12.8 Å². The zero-order valence-corrected chi connectivity index (χ0v) is 46.7. The fourth-order valence-corrected chi connectivity index (χ4v) is 9.35. The van der Waals surface area contributed by atoms with Crippen LogP contribution < -0.4 is 5.32 Å². The van der Waals surface area contributed by atoms with Gasteiger partial charge in [0.15, 0.2) is 0 Å². The van der Waals surface area contributed by atoms with Crippen molar-refractivity contribution >= 4 is 11.9 Å². The van der Waals surface area contributed by atoms with Crippen LogP contribution in [-0.4, -0.2) is 47.4 Å². The molecule has 0 aliphatic heterocycles. The average Bonchev–Trinajstić information content (AvgIpc) is 3.36. The molecule has 2 atom stereocenters. The first-order chi connectivity index (χ1) is 34.5. The van der Waals surface area contributed by atoms with Gasteiger partial charge in [-0.05, 0) is 89.9 Å². The van der Waals surface area contributed by atoms with E-state index in [1.165, 1.54) is 231 Å². The van der Waals surface area contributed by atoms with Crippen LogP contribution in [0.3, 0.4) is 0 Å². The molecule has 0 aromatic heterocycles. The molecule has 0 aromatic rings. The molecule has 0 aliphatic carbocycles. The third-order valence-corrected chi connectivity index (χ3v) is 14.1. The van der Waals surface area contributed by atoms with Crippen molar-refractivity contribution in [3.8, 4) is 0 Å². The van der Waals surface area contributed by atoms with Crippen LogP contribution in [0.15, 0.2) is 48.6 Å². The van der Waals surface area contributed by atoms with E-state index in [9.17, 15) is 19.8 Å². The van der Waals surface area contributed by atoms with Gasteiger partial charge >= 0.3 is 5.97 Å². The van der Waals surface area contributed by atoms with Crippen molar-refractivity contribution in [1.82, 2.24) is 5.32 Å². The van der Waals surface area contributed by atoms with Crippen LogP contribution in [0.4, 0.5) is 0 Å². The SMILES string of the molecule is CCCCC/C=C\C/C=C\CCCCCCCCCC(=O)OCCCCCCCCCCC/C=C\C/C=C\CCCCCCCCCCCC(=O)NC(CO)C(O)CCCCCCCCCCCCC. The van der Waals surface area contributed by atoms with E-state index in [-0.39, 0.29) is 18.5 Å². The van der Waals surface area contributed by atoms with Gasteiger partial charge in [-0.15, -0.1) is 0 Å². The Bertz CT molecular complexity index is 1180.